The lowest BCUT2D eigenvalue weighted by Crippen LogP contribution is -2.62. The molecule has 0 amide bonds. The molecule has 2 unspecified atom stereocenters. The minimum Gasteiger partial charge on any atom is -0.312 e. The van der Waals surface area contributed by atoms with E-state index in [1.807, 2.05) is 0 Å². The van der Waals surface area contributed by atoms with Crippen molar-refractivity contribution in [3.63, 3.8) is 0 Å². The molecule has 16 heavy (non-hydrogen) atoms. The molecule has 2 nitrogen and oxygen atoms in total. The second kappa shape index (κ2) is 5.05. The van der Waals surface area contributed by atoms with Gasteiger partial charge in [0.2, 0.25) is 0 Å². The largest absolute Gasteiger partial charge is 0.312 e. The van der Waals surface area contributed by atoms with Gasteiger partial charge >= 0.3 is 0 Å². The van der Waals surface area contributed by atoms with E-state index in [9.17, 15) is 0 Å². The number of piperidine rings is 1. The molecule has 0 aromatic rings. The molecule has 1 spiro atoms. The topological polar surface area (TPSA) is 15.3 Å². The average molecular weight is 224 g/mol. The van der Waals surface area contributed by atoms with Gasteiger partial charge in [-0.25, -0.2) is 0 Å². The van der Waals surface area contributed by atoms with Gasteiger partial charge in [-0.05, 0) is 58.5 Å². The fourth-order valence-electron chi connectivity index (χ4n) is 4.05. The molecule has 0 saturated carbocycles. The molecule has 2 heteroatoms. The van der Waals surface area contributed by atoms with E-state index in [4.69, 9.17) is 0 Å². The van der Waals surface area contributed by atoms with Gasteiger partial charge in [-0.1, -0.05) is 13.8 Å². The Kier molecular flexibility index (Phi) is 3.91. The summed E-state index contributed by atoms with van der Waals surface area (Å²) in [5.74, 6) is 0. The Hall–Kier alpha value is -0.0800. The van der Waals surface area contributed by atoms with Gasteiger partial charge in [0.05, 0.1) is 0 Å². The smallest absolute Gasteiger partial charge is 0.0363 e. The van der Waals surface area contributed by atoms with Crippen LogP contribution < -0.4 is 5.32 Å². The van der Waals surface area contributed by atoms with Gasteiger partial charge in [-0.3, -0.25) is 4.90 Å². The second-order valence-electron chi connectivity index (χ2n) is 5.65. The van der Waals surface area contributed by atoms with E-state index in [0.29, 0.717) is 11.6 Å². The van der Waals surface area contributed by atoms with Crippen LogP contribution in [-0.2, 0) is 0 Å². The van der Waals surface area contributed by atoms with Gasteiger partial charge in [0.25, 0.3) is 0 Å². The van der Waals surface area contributed by atoms with E-state index >= 15 is 0 Å². The molecule has 0 aromatic carbocycles. The first-order valence-electron chi connectivity index (χ1n) is 7.24. The summed E-state index contributed by atoms with van der Waals surface area (Å²) in [5, 5.41) is 3.71. The van der Waals surface area contributed by atoms with Crippen molar-refractivity contribution in [2.75, 3.05) is 13.1 Å². The van der Waals surface area contributed by atoms with Crippen LogP contribution >= 0.6 is 0 Å². The molecule has 2 aliphatic rings. The lowest BCUT2D eigenvalue weighted by molar-refractivity contribution is 0.0287. The highest BCUT2D eigenvalue weighted by Gasteiger charge is 2.47. The maximum absolute atomic E-state index is 3.71. The Balaban J connectivity index is 2.17. The Morgan fingerprint density at radius 3 is 2.56 bits per heavy atom. The van der Waals surface area contributed by atoms with Crippen LogP contribution in [0.25, 0.3) is 0 Å². The van der Waals surface area contributed by atoms with Crippen molar-refractivity contribution < 1.29 is 0 Å². The lowest BCUT2D eigenvalue weighted by atomic mass is 9.80. The van der Waals surface area contributed by atoms with Crippen LogP contribution in [0.2, 0.25) is 0 Å². The monoisotopic (exact) mass is 224 g/mol. The van der Waals surface area contributed by atoms with Crippen molar-refractivity contribution in [3.05, 3.63) is 0 Å². The SMILES string of the molecule is CCC(CC)N1CCCC12CCCNC2C. The molecule has 0 aliphatic carbocycles. The van der Waals surface area contributed by atoms with E-state index in [0.717, 1.165) is 6.04 Å². The fraction of sp³-hybridized carbons (Fsp3) is 1.00. The summed E-state index contributed by atoms with van der Waals surface area (Å²) < 4.78 is 0. The van der Waals surface area contributed by atoms with Crippen LogP contribution in [0, 0.1) is 0 Å². The molecule has 1 N–H and O–H groups in total. The van der Waals surface area contributed by atoms with Gasteiger partial charge in [0.1, 0.15) is 0 Å². The Morgan fingerprint density at radius 1 is 1.25 bits per heavy atom. The number of hydrogen-bond donors (Lipinski definition) is 1. The summed E-state index contributed by atoms with van der Waals surface area (Å²) in [6.07, 6.45) is 8.22. The van der Waals surface area contributed by atoms with Crippen molar-refractivity contribution in [1.29, 1.82) is 0 Å². The van der Waals surface area contributed by atoms with E-state index in [2.05, 4.69) is 31.0 Å². The fourth-order valence-corrected chi connectivity index (χ4v) is 4.05. The molecule has 0 radical (unpaired) electrons. The summed E-state index contributed by atoms with van der Waals surface area (Å²) in [7, 11) is 0. The van der Waals surface area contributed by atoms with Crippen molar-refractivity contribution in [2.24, 2.45) is 0 Å². The Morgan fingerprint density at radius 2 is 1.94 bits per heavy atom. The van der Waals surface area contributed by atoms with Crippen LogP contribution in [0.1, 0.15) is 59.3 Å². The number of nitrogens with zero attached hydrogens (tertiary/aromatic N) is 1. The maximum Gasteiger partial charge on any atom is 0.0363 e. The summed E-state index contributed by atoms with van der Waals surface area (Å²) in [6.45, 7) is 9.65. The lowest BCUT2D eigenvalue weighted by Gasteiger charge is -2.49. The predicted octanol–water partition coefficient (Wildman–Crippen LogP) is 2.78. The van der Waals surface area contributed by atoms with Crippen LogP contribution in [0.5, 0.6) is 0 Å². The second-order valence-corrected chi connectivity index (χ2v) is 5.65. The van der Waals surface area contributed by atoms with E-state index in [1.54, 1.807) is 0 Å². The molecule has 2 aliphatic heterocycles. The highest BCUT2D eigenvalue weighted by molar-refractivity contribution is 5.06. The number of hydrogen-bond acceptors (Lipinski definition) is 2. The normalized spacial score (nSPS) is 36.4. The van der Waals surface area contributed by atoms with Crippen molar-refractivity contribution in [3.8, 4) is 0 Å². The Bertz CT molecular complexity index is 225. The van der Waals surface area contributed by atoms with Gasteiger partial charge in [-0.2, -0.15) is 0 Å². The number of nitrogens with one attached hydrogen (secondary N) is 1. The summed E-state index contributed by atoms with van der Waals surface area (Å²) in [6, 6.07) is 1.49. The minimum absolute atomic E-state index is 0.495. The molecule has 2 fully saturated rings. The molecule has 2 saturated heterocycles. The number of likely N-dealkylation sites (tertiary alicyclic amines) is 1. The summed E-state index contributed by atoms with van der Waals surface area (Å²) in [4.78, 5) is 2.85. The van der Waals surface area contributed by atoms with Gasteiger partial charge in [0, 0.05) is 17.6 Å². The first kappa shape index (κ1) is 12.4. The molecule has 94 valence electrons. The zero-order valence-electron chi connectivity index (χ0n) is 11.3. The molecule has 0 aromatic heterocycles. The zero-order valence-corrected chi connectivity index (χ0v) is 11.3. The Labute approximate surface area is 101 Å². The third-order valence-corrected chi connectivity index (χ3v) is 5.01. The molecule has 2 atom stereocenters. The predicted molar refractivity (Wildman–Crippen MR) is 69.7 cm³/mol. The van der Waals surface area contributed by atoms with Crippen molar-refractivity contribution in [2.45, 2.75) is 76.9 Å². The molecule has 2 rings (SSSR count). The first-order chi connectivity index (χ1) is 7.74. The molecular weight excluding hydrogens is 196 g/mol. The van der Waals surface area contributed by atoms with Gasteiger partial charge < -0.3 is 5.32 Å². The first-order valence-corrected chi connectivity index (χ1v) is 7.24. The quantitative estimate of drug-likeness (QED) is 0.793. The third-order valence-electron chi connectivity index (χ3n) is 5.01. The van der Waals surface area contributed by atoms with E-state index in [-0.39, 0.29) is 0 Å². The standard InChI is InChI=1S/C14H28N2/c1-4-13(5-2)16-11-7-9-14(16)8-6-10-15-12(14)3/h12-13,15H,4-11H2,1-3H3. The van der Waals surface area contributed by atoms with E-state index < -0.39 is 0 Å². The minimum atomic E-state index is 0.495. The van der Waals surface area contributed by atoms with Crippen LogP contribution in [0.4, 0.5) is 0 Å². The van der Waals surface area contributed by atoms with E-state index in [1.165, 1.54) is 51.6 Å². The van der Waals surface area contributed by atoms with Gasteiger partial charge in [-0.15, -0.1) is 0 Å². The van der Waals surface area contributed by atoms with Gasteiger partial charge in [0.15, 0.2) is 0 Å². The summed E-state index contributed by atoms with van der Waals surface area (Å²) in [5.41, 5.74) is 0.495. The molecule has 2 heterocycles. The highest BCUT2D eigenvalue weighted by atomic mass is 15.3. The van der Waals surface area contributed by atoms with Crippen molar-refractivity contribution in [1.82, 2.24) is 10.2 Å². The summed E-state index contributed by atoms with van der Waals surface area (Å²) >= 11 is 0. The average Bonchev–Trinajstić information content (AvgIpc) is 2.70. The van der Waals surface area contributed by atoms with Crippen molar-refractivity contribution >= 4 is 0 Å². The molecule has 0 bridgehead atoms. The zero-order chi connectivity index (χ0) is 11.6. The maximum atomic E-state index is 3.71. The van der Waals surface area contributed by atoms with Crippen LogP contribution in [0.3, 0.4) is 0 Å². The highest BCUT2D eigenvalue weighted by Crippen LogP contribution is 2.40. The number of rotatable bonds is 3. The third kappa shape index (κ3) is 1.91. The van der Waals surface area contributed by atoms with Crippen LogP contribution in [0.15, 0.2) is 0 Å². The van der Waals surface area contributed by atoms with Crippen LogP contribution in [-0.4, -0.2) is 35.6 Å². The molecular formula is C14H28N2.